The number of halogens is 1. The Morgan fingerprint density at radius 3 is 2.67 bits per heavy atom. The van der Waals surface area contributed by atoms with Gasteiger partial charge in [-0.25, -0.2) is 4.79 Å². The average Bonchev–Trinajstić information content (AvgIpc) is 2.50. The molecule has 0 bridgehead atoms. The van der Waals surface area contributed by atoms with E-state index in [2.05, 4.69) is 5.32 Å². The molecule has 1 rings (SSSR count). The van der Waals surface area contributed by atoms with Crippen molar-refractivity contribution in [1.82, 2.24) is 5.32 Å². The van der Waals surface area contributed by atoms with Crippen LogP contribution in [0.1, 0.15) is 12.5 Å². The lowest BCUT2D eigenvalue weighted by molar-refractivity contribution is -0.134. The Morgan fingerprint density at radius 2 is 2.27 bits per heavy atom. The quantitative estimate of drug-likeness (QED) is 0.800. The molecule has 15 heavy (non-hydrogen) atoms. The highest BCUT2D eigenvalue weighted by molar-refractivity contribution is 7.14. The Kier molecular flexibility index (Phi) is 3.88. The third-order valence-electron chi connectivity index (χ3n) is 1.49. The average molecular weight is 246 g/mol. The topological polar surface area (TPSA) is 66.4 Å². The molecule has 0 saturated heterocycles. The maximum Gasteiger partial charge on any atom is 0.352 e. The number of carbonyl (C=O) groups excluding carboxylic acids is 1. The molecule has 0 aromatic carbocycles. The third kappa shape index (κ3) is 3.38. The monoisotopic (exact) mass is 245 g/mol. The van der Waals surface area contributed by atoms with E-state index in [1.807, 2.05) is 0 Å². The minimum atomic E-state index is -1.20. The first-order chi connectivity index (χ1) is 7.00. The number of carboxylic acids is 1. The third-order valence-corrected chi connectivity index (χ3v) is 2.69. The van der Waals surface area contributed by atoms with Crippen LogP contribution in [0.15, 0.2) is 17.1 Å². The Bertz CT molecular complexity index is 425. The van der Waals surface area contributed by atoms with Crippen molar-refractivity contribution in [3.8, 4) is 0 Å². The fraction of sp³-hybridized carbons (Fsp3) is 0.111. The fourth-order valence-electron chi connectivity index (χ4n) is 0.902. The van der Waals surface area contributed by atoms with Crippen LogP contribution < -0.4 is 5.32 Å². The number of thiophene rings is 1. The van der Waals surface area contributed by atoms with Crippen LogP contribution in [0.2, 0.25) is 4.34 Å². The van der Waals surface area contributed by atoms with Gasteiger partial charge in [0, 0.05) is 12.5 Å². The first kappa shape index (κ1) is 11.7. The number of hydrogen-bond acceptors (Lipinski definition) is 3. The van der Waals surface area contributed by atoms with Crippen molar-refractivity contribution in [2.75, 3.05) is 0 Å². The fourth-order valence-corrected chi connectivity index (χ4v) is 1.77. The molecule has 80 valence electrons. The standard InChI is InChI=1S/C9H8ClNO3S/c1-5(12)11-7(9(13)14)4-6-2-3-15-8(6)10/h2-4H,1H3,(H,11,12)(H,13,14)/b7-4+. The lowest BCUT2D eigenvalue weighted by Gasteiger charge is -2.01. The van der Waals surface area contributed by atoms with Crippen LogP contribution in [0.3, 0.4) is 0 Å². The maximum absolute atomic E-state index is 10.7. The van der Waals surface area contributed by atoms with E-state index < -0.39 is 11.9 Å². The lowest BCUT2D eigenvalue weighted by Crippen LogP contribution is -2.24. The molecule has 0 fully saturated rings. The van der Waals surface area contributed by atoms with Crippen LogP contribution in [0.4, 0.5) is 0 Å². The largest absolute Gasteiger partial charge is 0.477 e. The first-order valence-corrected chi connectivity index (χ1v) is 5.22. The van der Waals surface area contributed by atoms with E-state index in [1.165, 1.54) is 24.3 Å². The van der Waals surface area contributed by atoms with Gasteiger partial charge in [0.15, 0.2) is 0 Å². The van der Waals surface area contributed by atoms with Crippen molar-refractivity contribution in [3.05, 3.63) is 27.0 Å². The summed E-state index contributed by atoms with van der Waals surface area (Å²) in [4.78, 5) is 21.5. The Balaban J connectivity index is 2.99. The first-order valence-electron chi connectivity index (χ1n) is 3.96. The van der Waals surface area contributed by atoms with Crippen LogP contribution in [0.25, 0.3) is 6.08 Å². The van der Waals surface area contributed by atoms with Gasteiger partial charge in [-0.2, -0.15) is 0 Å². The van der Waals surface area contributed by atoms with Gasteiger partial charge in [-0.3, -0.25) is 4.79 Å². The maximum atomic E-state index is 10.7. The summed E-state index contributed by atoms with van der Waals surface area (Å²) < 4.78 is 0.485. The second-order valence-electron chi connectivity index (χ2n) is 2.69. The van der Waals surface area contributed by atoms with Gasteiger partial charge < -0.3 is 10.4 Å². The van der Waals surface area contributed by atoms with Crippen LogP contribution in [-0.4, -0.2) is 17.0 Å². The summed E-state index contributed by atoms with van der Waals surface area (Å²) in [5.74, 6) is -1.64. The lowest BCUT2D eigenvalue weighted by atomic mass is 10.2. The van der Waals surface area contributed by atoms with Gasteiger partial charge in [0.2, 0.25) is 5.91 Å². The highest BCUT2D eigenvalue weighted by Crippen LogP contribution is 2.24. The number of hydrogen-bond donors (Lipinski definition) is 2. The van der Waals surface area contributed by atoms with Crippen molar-refractivity contribution >= 4 is 40.9 Å². The molecule has 1 amide bonds. The van der Waals surface area contributed by atoms with Crippen molar-refractivity contribution in [1.29, 1.82) is 0 Å². The van der Waals surface area contributed by atoms with E-state index in [0.29, 0.717) is 9.90 Å². The zero-order valence-corrected chi connectivity index (χ0v) is 9.35. The Hall–Kier alpha value is -1.33. The molecule has 0 aliphatic carbocycles. The van der Waals surface area contributed by atoms with E-state index in [9.17, 15) is 9.59 Å². The zero-order valence-electron chi connectivity index (χ0n) is 7.78. The number of carbonyl (C=O) groups is 2. The molecular weight excluding hydrogens is 238 g/mol. The van der Waals surface area contributed by atoms with Crippen molar-refractivity contribution in [2.24, 2.45) is 0 Å². The van der Waals surface area contributed by atoms with Gasteiger partial charge in [0.1, 0.15) is 10.0 Å². The molecule has 0 unspecified atom stereocenters. The molecule has 6 heteroatoms. The van der Waals surface area contributed by atoms with E-state index in [0.717, 1.165) is 0 Å². The van der Waals surface area contributed by atoms with E-state index in [1.54, 1.807) is 11.4 Å². The molecule has 0 spiro atoms. The smallest absolute Gasteiger partial charge is 0.352 e. The molecule has 0 aliphatic rings. The molecule has 2 N–H and O–H groups in total. The van der Waals surface area contributed by atoms with Gasteiger partial charge in [-0.05, 0) is 17.5 Å². The van der Waals surface area contributed by atoms with Gasteiger partial charge in [-0.15, -0.1) is 11.3 Å². The Labute approximate surface area is 95.2 Å². The van der Waals surface area contributed by atoms with Crippen molar-refractivity contribution in [2.45, 2.75) is 6.92 Å². The second kappa shape index (κ2) is 4.95. The molecule has 0 aliphatic heterocycles. The number of nitrogens with one attached hydrogen (secondary N) is 1. The predicted octanol–water partition coefficient (Wildman–Crippen LogP) is 1.96. The number of aliphatic carboxylic acids is 1. The van der Waals surface area contributed by atoms with E-state index >= 15 is 0 Å². The van der Waals surface area contributed by atoms with Crippen LogP contribution in [-0.2, 0) is 9.59 Å². The number of carboxylic acid groups (broad SMARTS) is 1. The summed E-state index contributed by atoms with van der Waals surface area (Å²) in [6.07, 6.45) is 1.32. The van der Waals surface area contributed by atoms with E-state index in [4.69, 9.17) is 16.7 Å². The molecule has 1 heterocycles. The summed E-state index contributed by atoms with van der Waals surface area (Å²) in [5, 5.41) is 12.7. The number of rotatable bonds is 3. The highest BCUT2D eigenvalue weighted by atomic mass is 35.5. The summed E-state index contributed by atoms with van der Waals surface area (Å²) in [6, 6.07) is 1.68. The summed E-state index contributed by atoms with van der Waals surface area (Å²) >= 11 is 7.09. The van der Waals surface area contributed by atoms with Crippen LogP contribution in [0.5, 0.6) is 0 Å². The Morgan fingerprint density at radius 1 is 1.60 bits per heavy atom. The molecule has 0 atom stereocenters. The SMILES string of the molecule is CC(=O)N/C(=C/c1ccsc1Cl)C(=O)O. The van der Waals surface area contributed by atoms with Gasteiger partial charge >= 0.3 is 5.97 Å². The second-order valence-corrected chi connectivity index (χ2v) is 4.21. The molecule has 0 radical (unpaired) electrons. The van der Waals surface area contributed by atoms with Gasteiger partial charge in [-0.1, -0.05) is 11.6 Å². The molecule has 4 nitrogen and oxygen atoms in total. The van der Waals surface area contributed by atoms with E-state index in [-0.39, 0.29) is 5.70 Å². The molecular formula is C9H8ClNO3S. The van der Waals surface area contributed by atoms with Crippen LogP contribution >= 0.6 is 22.9 Å². The highest BCUT2D eigenvalue weighted by Gasteiger charge is 2.10. The number of amides is 1. The minimum Gasteiger partial charge on any atom is -0.477 e. The summed E-state index contributed by atoms with van der Waals surface area (Å²) in [5.41, 5.74) is 0.385. The zero-order chi connectivity index (χ0) is 11.4. The minimum absolute atomic E-state index is 0.192. The predicted molar refractivity (Wildman–Crippen MR) is 58.8 cm³/mol. The van der Waals surface area contributed by atoms with Crippen molar-refractivity contribution in [3.63, 3.8) is 0 Å². The normalized spacial score (nSPS) is 11.2. The molecule has 1 aromatic heterocycles. The molecule has 0 saturated carbocycles. The van der Waals surface area contributed by atoms with Crippen LogP contribution in [0, 0.1) is 0 Å². The summed E-state index contributed by atoms with van der Waals surface area (Å²) in [7, 11) is 0. The summed E-state index contributed by atoms with van der Waals surface area (Å²) in [6.45, 7) is 1.24. The van der Waals surface area contributed by atoms with Gasteiger partial charge in [0.05, 0.1) is 0 Å². The molecule has 1 aromatic rings. The van der Waals surface area contributed by atoms with Crippen molar-refractivity contribution < 1.29 is 14.7 Å². The van der Waals surface area contributed by atoms with Gasteiger partial charge in [0.25, 0.3) is 0 Å².